The van der Waals surface area contributed by atoms with Crippen molar-refractivity contribution in [2.45, 2.75) is 31.7 Å². The molecule has 96 valence electrons. The van der Waals surface area contributed by atoms with Crippen molar-refractivity contribution in [1.29, 1.82) is 0 Å². The van der Waals surface area contributed by atoms with Crippen molar-refractivity contribution in [2.24, 2.45) is 11.8 Å². The molecule has 0 atom stereocenters. The third-order valence-electron chi connectivity index (χ3n) is 3.94. The second kappa shape index (κ2) is 4.63. The van der Waals surface area contributed by atoms with Crippen LogP contribution in [0.15, 0.2) is 24.3 Å². The summed E-state index contributed by atoms with van der Waals surface area (Å²) in [6.45, 7) is 0. The van der Waals surface area contributed by atoms with Gasteiger partial charge in [0, 0.05) is 24.3 Å². The number of rotatable bonds is 5. The Hall–Kier alpha value is -1.51. The summed E-state index contributed by atoms with van der Waals surface area (Å²) in [7, 11) is 1.67. The van der Waals surface area contributed by atoms with Gasteiger partial charge in [-0.3, -0.25) is 4.79 Å². The molecule has 3 rings (SSSR count). The smallest absolute Gasteiger partial charge is 0.251 e. The molecule has 0 aromatic heterocycles. The highest BCUT2D eigenvalue weighted by atomic mass is 16.1. The van der Waals surface area contributed by atoms with Gasteiger partial charge in [-0.15, -0.1) is 0 Å². The van der Waals surface area contributed by atoms with Crippen LogP contribution >= 0.6 is 0 Å². The van der Waals surface area contributed by atoms with Gasteiger partial charge < -0.3 is 10.6 Å². The van der Waals surface area contributed by atoms with Gasteiger partial charge in [0.2, 0.25) is 0 Å². The molecule has 18 heavy (non-hydrogen) atoms. The molecule has 2 fully saturated rings. The van der Waals surface area contributed by atoms with Crippen LogP contribution in [0.3, 0.4) is 0 Å². The maximum atomic E-state index is 11.6. The van der Waals surface area contributed by atoms with Crippen molar-refractivity contribution in [3.05, 3.63) is 29.8 Å². The predicted octanol–water partition coefficient (Wildman–Crippen LogP) is 2.65. The lowest BCUT2D eigenvalue weighted by Crippen LogP contribution is -2.24. The molecule has 2 aliphatic rings. The average Bonchev–Trinajstić information content (AvgIpc) is 3.28. The summed E-state index contributed by atoms with van der Waals surface area (Å²) in [6.07, 6.45) is 5.46. The first kappa shape index (κ1) is 11.6. The van der Waals surface area contributed by atoms with E-state index in [1.165, 1.54) is 25.7 Å². The van der Waals surface area contributed by atoms with E-state index in [4.69, 9.17) is 0 Å². The van der Waals surface area contributed by atoms with Gasteiger partial charge >= 0.3 is 0 Å². The van der Waals surface area contributed by atoms with Crippen molar-refractivity contribution >= 4 is 11.6 Å². The molecule has 2 saturated carbocycles. The van der Waals surface area contributed by atoms with E-state index in [0.717, 1.165) is 23.1 Å². The van der Waals surface area contributed by atoms with E-state index < -0.39 is 0 Å². The number of amides is 1. The third-order valence-corrected chi connectivity index (χ3v) is 3.94. The summed E-state index contributed by atoms with van der Waals surface area (Å²) < 4.78 is 0. The molecule has 0 unspecified atom stereocenters. The maximum absolute atomic E-state index is 11.6. The number of nitrogens with one attached hydrogen (secondary N) is 2. The highest BCUT2D eigenvalue weighted by Gasteiger charge is 2.41. The third kappa shape index (κ3) is 2.50. The molecule has 0 heterocycles. The Morgan fingerprint density at radius 3 is 2.44 bits per heavy atom. The lowest BCUT2D eigenvalue weighted by molar-refractivity contribution is 0.0963. The number of anilines is 1. The summed E-state index contributed by atoms with van der Waals surface area (Å²) in [4.78, 5) is 11.6. The quantitative estimate of drug-likeness (QED) is 0.836. The zero-order chi connectivity index (χ0) is 12.5. The Morgan fingerprint density at radius 2 is 1.89 bits per heavy atom. The first-order valence-electron chi connectivity index (χ1n) is 6.86. The lowest BCUT2D eigenvalue weighted by Gasteiger charge is -2.19. The molecule has 3 nitrogen and oxygen atoms in total. The Morgan fingerprint density at radius 1 is 1.22 bits per heavy atom. The monoisotopic (exact) mass is 244 g/mol. The molecule has 0 bridgehead atoms. The van der Waals surface area contributed by atoms with Gasteiger partial charge in [-0.05, 0) is 55.7 Å². The van der Waals surface area contributed by atoms with Gasteiger partial charge in [0.05, 0.1) is 0 Å². The van der Waals surface area contributed by atoms with Crippen LogP contribution < -0.4 is 10.6 Å². The highest BCUT2D eigenvalue weighted by molar-refractivity contribution is 5.94. The van der Waals surface area contributed by atoms with Gasteiger partial charge in [-0.1, -0.05) is 6.07 Å². The first-order valence-corrected chi connectivity index (χ1v) is 6.86. The second-order valence-electron chi connectivity index (χ2n) is 5.50. The van der Waals surface area contributed by atoms with E-state index in [2.05, 4.69) is 16.7 Å². The minimum Gasteiger partial charge on any atom is -0.382 e. The second-order valence-corrected chi connectivity index (χ2v) is 5.50. The van der Waals surface area contributed by atoms with Crippen molar-refractivity contribution < 1.29 is 4.79 Å². The van der Waals surface area contributed by atoms with Crippen molar-refractivity contribution in [1.82, 2.24) is 5.32 Å². The van der Waals surface area contributed by atoms with Crippen LogP contribution in [-0.4, -0.2) is 19.0 Å². The Labute approximate surface area is 108 Å². The molecule has 1 amide bonds. The van der Waals surface area contributed by atoms with Gasteiger partial charge in [-0.2, -0.15) is 0 Å². The van der Waals surface area contributed by atoms with Crippen LogP contribution in [-0.2, 0) is 0 Å². The molecular formula is C15H20N2O. The highest BCUT2D eigenvalue weighted by Crippen LogP contribution is 2.45. The van der Waals surface area contributed by atoms with E-state index in [9.17, 15) is 4.79 Å². The van der Waals surface area contributed by atoms with E-state index in [1.807, 2.05) is 18.2 Å². The molecule has 0 aliphatic heterocycles. The molecule has 3 heteroatoms. The summed E-state index contributed by atoms with van der Waals surface area (Å²) >= 11 is 0. The fourth-order valence-corrected chi connectivity index (χ4v) is 2.62. The fourth-order valence-electron chi connectivity index (χ4n) is 2.62. The van der Waals surface area contributed by atoms with Crippen LogP contribution in [0.25, 0.3) is 0 Å². The average molecular weight is 244 g/mol. The molecule has 0 radical (unpaired) electrons. The summed E-state index contributed by atoms with van der Waals surface area (Å²) in [5.41, 5.74) is 1.81. The molecule has 0 saturated heterocycles. The van der Waals surface area contributed by atoms with Gasteiger partial charge in [0.1, 0.15) is 0 Å². The summed E-state index contributed by atoms with van der Waals surface area (Å²) in [5.74, 6) is 1.70. The van der Waals surface area contributed by atoms with Crippen molar-refractivity contribution in [3.8, 4) is 0 Å². The van der Waals surface area contributed by atoms with E-state index >= 15 is 0 Å². The fraction of sp³-hybridized carbons (Fsp3) is 0.533. The standard InChI is InChI=1S/C15H20N2O/c1-16-15(18)12-3-2-4-13(9-12)17-14(10-5-6-10)11-7-8-11/h2-4,9-11,14,17H,5-8H2,1H3,(H,16,18). The Kier molecular flexibility index (Phi) is 2.98. The minimum atomic E-state index is -0.0203. The van der Waals surface area contributed by atoms with Crippen LogP contribution in [0.4, 0.5) is 5.69 Å². The maximum Gasteiger partial charge on any atom is 0.251 e. The largest absolute Gasteiger partial charge is 0.382 e. The lowest BCUT2D eigenvalue weighted by atomic mass is 10.1. The summed E-state index contributed by atoms with van der Waals surface area (Å²) in [6, 6.07) is 8.45. The Balaban J connectivity index is 1.72. The van der Waals surface area contributed by atoms with Crippen LogP contribution in [0.1, 0.15) is 36.0 Å². The van der Waals surface area contributed by atoms with E-state index in [1.54, 1.807) is 7.05 Å². The molecule has 1 aromatic carbocycles. The molecule has 2 N–H and O–H groups in total. The topological polar surface area (TPSA) is 41.1 Å². The molecule has 2 aliphatic carbocycles. The number of hydrogen-bond acceptors (Lipinski definition) is 2. The molecular weight excluding hydrogens is 224 g/mol. The normalized spacial score (nSPS) is 18.8. The van der Waals surface area contributed by atoms with Crippen LogP contribution in [0, 0.1) is 11.8 Å². The Bertz CT molecular complexity index is 438. The SMILES string of the molecule is CNC(=O)c1cccc(NC(C2CC2)C2CC2)c1. The minimum absolute atomic E-state index is 0.0203. The number of hydrogen-bond donors (Lipinski definition) is 2. The first-order chi connectivity index (χ1) is 8.78. The predicted molar refractivity (Wildman–Crippen MR) is 72.7 cm³/mol. The van der Waals surface area contributed by atoms with Gasteiger partial charge in [-0.25, -0.2) is 0 Å². The van der Waals surface area contributed by atoms with E-state index in [0.29, 0.717) is 6.04 Å². The molecule has 1 aromatic rings. The number of benzene rings is 1. The number of carbonyl (C=O) groups is 1. The molecule has 0 spiro atoms. The zero-order valence-electron chi connectivity index (χ0n) is 10.8. The van der Waals surface area contributed by atoms with Gasteiger partial charge in [0.25, 0.3) is 5.91 Å². The zero-order valence-corrected chi connectivity index (χ0v) is 10.8. The van der Waals surface area contributed by atoms with Crippen molar-refractivity contribution in [3.63, 3.8) is 0 Å². The number of carbonyl (C=O) groups excluding carboxylic acids is 1. The van der Waals surface area contributed by atoms with Crippen molar-refractivity contribution in [2.75, 3.05) is 12.4 Å². The van der Waals surface area contributed by atoms with Gasteiger partial charge in [0.15, 0.2) is 0 Å². The summed E-state index contributed by atoms with van der Waals surface area (Å²) in [5, 5.41) is 6.31. The van der Waals surface area contributed by atoms with E-state index in [-0.39, 0.29) is 5.91 Å². The van der Waals surface area contributed by atoms with Crippen LogP contribution in [0.2, 0.25) is 0 Å². The van der Waals surface area contributed by atoms with Crippen LogP contribution in [0.5, 0.6) is 0 Å².